The fourth-order valence-electron chi connectivity index (χ4n) is 2.24. The number of methoxy groups -OCH3 is 1. The van der Waals surface area contributed by atoms with Gasteiger partial charge in [0.1, 0.15) is 11.4 Å². The van der Waals surface area contributed by atoms with E-state index in [0.29, 0.717) is 0 Å². The van der Waals surface area contributed by atoms with Gasteiger partial charge in [0.25, 0.3) is 0 Å². The Kier molecular flexibility index (Phi) is 3.60. The molecule has 1 aromatic carbocycles. The second kappa shape index (κ2) is 5.20. The van der Waals surface area contributed by atoms with Crippen LogP contribution >= 0.6 is 0 Å². The molecule has 0 spiro atoms. The molecule has 2 rings (SSSR count). The molecule has 1 unspecified atom stereocenters. The van der Waals surface area contributed by atoms with Gasteiger partial charge in [0.05, 0.1) is 18.6 Å². The van der Waals surface area contributed by atoms with Gasteiger partial charge in [0, 0.05) is 13.0 Å². The molecule has 20 heavy (non-hydrogen) atoms. The molecule has 0 aromatic heterocycles. The first-order valence-corrected chi connectivity index (χ1v) is 5.89. The quantitative estimate of drug-likeness (QED) is 0.786. The number of carboxylic acids is 1. The number of phenols is 1. The van der Waals surface area contributed by atoms with Gasteiger partial charge in [-0.15, -0.1) is 0 Å². The number of benzene rings is 1. The summed E-state index contributed by atoms with van der Waals surface area (Å²) in [7, 11) is 1.22. The molecule has 1 saturated heterocycles. The van der Waals surface area contributed by atoms with Crippen molar-refractivity contribution in [1.82, 2.24) is 0 Å². The molecule has 1 aliphatic rings. The normalized spacial score (nSPS) is 18.1. The van der Waals surface area contributed by atoms with Crippen LogP contribution in [0.5, 0.6) is 5.75 Å². The largest absolute Gasteiger partial charge is 0.506 e. The Labute approximate surface area is 114 Å². The number of para-hydroxylation sites is 1. The van der Waals surface area contributed by atoms with Crippen LogP contribution < -0.4 is 4.90 Å². The highest BCUT2D eigenvalue weighted by Crippen LogP contribution is 2.35. The summed E-state index contributed by atoms with van der Waals surface area (Å²) in [6.07, 6.45) is -0.0694. The highest BCUT2D eigenvalue weighted by molar-refractivity contribution is 6.06. The zero-order chi connectivity index (χ0) is 14.9. The van der Waals surface area contributed by atoms with Crippen LogP contribution in [-0.2, 0) is 14.3 Å². The molecule has 0 bridgehead atoms. The molecule has 2 N–H and O–H groups in total. The van der Waals surface area contributed by atoms with Crippen molar-refractivity contribution in [3.63, 3.8) is 0 Å². The third-order valence-electron chi connectivity index (χ3n) is 3.17. The maximum absolute atomic E-state index is 11.9. The number of ether oxygens (including phenoxy) is 1. The third-order valence-corrected chi connectivity index (χ3v) is 3.17. The lowest BCUT2D eigenvalue weighted by Gasteiger charge is -2.19. The zero-order valence-corrected chi connectivity index (χ0v) is 10.7. The smallest absolute Gasteiger partial charge is 0.337 e. The molecule has 7 heteroatoms. The lowest BCUT2D eigenvalue weighted by atomic mass is 10.1. The molecule has 0 saturated carbocycles. The zero-order valence-electron chi connectivity index (χ0n) is 10.7. The molecule has 1 aromatic rings. The number of esters is 1. The van der Waals surface area contributed by atoms with E-state index in [9.17, 15) is 19.5 Å². The average Bonchev–Trinajstić information content (AvgIpc) is 2.79. The number of nitrogens with zero attached hydrogens (tertiary/aromatic N) is 1. The molecule has 106 valence electrons. The van der Waals surface area contributed by atoms with Gasteiger partial charge >= 0.3 is 11.9 Å². The Morgan fingerprint density at radius 3 is 2.70 bits per heavy atom. The topological polar surface area (TPSA) is 104 Å². The molecule has 1 heterocycles. The standard InChI is InChI=1S/C13H13NO6/c1-20-13(19)7-5-10(16)14(6-7)11-8(12(17)18)3-2-4-9(11)15/h2-4,7,15H,5-6H2,1H3,(H,17,18). The van der Waals surface area contributed by atoms with E-state index in [1.54, 1.807) is 0 Å². The number of amides is 1. The third kappa shape index (κ3) is 2.29. The van der Waals surface area contributed by atoms with E-state index in [2.05, 4.69) is 4.74 Å². The minimum atomic E-state index is -1.26. The van der Waals surface area contributed by atoms with Crippen LogP contribution in [0.1, 0.15) is 16.8 Å². The Bertz CT molecular complexity index is 582. The monoisotopic (exact) mass is 279 g/mol. The van der Waals surface area contributed by atoms with Crippen LogP contribution in [0, 0.1) is 5.92 Å². The number of rotatable bonds is 3. The predicted molar refractivity (Wildman–Crippen MR) is 67.5 cm³/mol. The summed E-state index contributed by atoms with van der Waals surface area (Å²) in [5, 5.41) is 18.9. The molecule has 7 nitrogen and oxygen atoms in total. The Balaban J connectivity index is 2.40. The number of hydrogen-bond donors (Lipinski definition) is 2. The first-order chi connectivity index (χ1) is 9.45. The summed E-state index contributed by atoms with van der Waals surface area (Å²) in [4.78, 5) is 35.7. The van der Waals surface area contributed by atoms with E-state index >= 15 is 0 Å². The number of phenolic OH excluding ortho intramolecular Hbond substituents is 1. The van der Waals surface area contributed by atoms with Crippen molar-refractivity contribution < 1.29 is 29.3 Å². The summed E-state index contributed by atoms with van der Waals surface area (Å²) in [6.45, 7) is -0.0106. The van der Waals surface area contributed by atoms with Gasteiger partial charge in [-0.05, 0) is 12.1 Å². The van der Waals surface area contributed by atoms with Crippen LogP contribution in [0.2, 0.25) is 0 Å². The fraction of sp³-hybridized carbons (Fsp3) is 0.308. The first kappa shape index (κ1) is 13.9. The SMILES string of the molecule is COC(=O)C1CC(=O)N(c2c(O)cccc2C(=O)O)C1. The van der Waals surface area contributed by atoms with Crippen LogP contribution in [-0.4, -0.2) is 41.7 Å². The molecule has 1 aliphatic heterocycles. The Morgan fingerprint density at radius 1 is 1.40 bits per heavy atom. The molecule has 0 aliphatic carbocycles. The molecule has 0 radical (unpaired) electrons. The van der Waals surface area contributed by atoms with Crippen LogP contribution in [0.4, 0.5) is 5.69 Å². The molecular weight excluding hydrogens is 266 g/mol. The van der Waals surface area contributed by atoms with Crippen molar-refractivity contribution in [2.45, 2.75) is 6.42 Å². The van der Waals surface area contributed by atoms with Gasteiger partial charge in [-0.3, -0.25) is 9.59 Å². The molecule has 1 fully saturated rings. The highest BCUT2D eigenvalue weighted by Gasteiger charge is 2.38. The van der Waals surface area contributed by atoms with Crippen molar-refractivity contribution in [1.29, 1.82) is 0 Å². The minimum absolute atomic E-state index is 0.0106. The van der Waals surface area contributed by atoms with Crippen molar-refractivity contribution in [3.05, 3.63) is 23.8 Å². The van der Waals surface area contributed by atoms with Gasteiger partial charge in [-0.1, -0.05) is 6.07 Å². The number of aromatic carboxylic acids is 1. The van der Waals surface area contributed by atoms with Gasteiger partial charge in [0.2, 0.25) is 5.91 Å². The van der Waals surface area contributed by atoms with Gasteiger partial charge < -0.3 is 19.8 Å². The lowest BCUT2D eigenvalue weighted by Crippen LogP contribution is -2.28. The van der Waals surface area contributed by atoms with Crippen LogP contribution in [0.3, 0.4) is 0 Å². The lowest BCUT2D eigenvalue weighted by molar-refractivity contribution is -0.145. The van der Waals surface area contributed by atoms with Crippen molar-refractivity contribution >= 4 is 23.5 Å². The molecule has 1 atom stereocenters. The van der Waals surface area contributed by atoms with Crippen molar-refractivity contribution in [3.8, 4) is 5.75 Å². The summed E-state index contributed by atoms with van der Waals surface area (Å²) < 4.78 is 4.58. The number of aromatic hydroxyl groups is 1. The number of carboxylic acid groups (broad SMARTS) is 1. The maximum atomic E-state index is 11.9. The molecule has 1 amide bonds. The molecular formula is C13H13NO6. The number of anilines is 1. The Morgan fingerprint density at radius 2 is 2.10 bits per heavy atom. The Hall–Kier alpha value is -2.57. The van der Waals surface area contributed by atoms with E-state index in [1.807, 2.05) is 0 Å². The summed E-state index contributed by atoms with van der Waals surface area (Å²) in [6, 6.07) is 3.96. The second-order valence-electron chi connectivity index (χ2n) is 4.41. The van der Waals surface area contributed by atoms with E-state index in [4.69, 9.17) is 5.11 Å². The van der Waals surface area contributed by atoms with E-state index in [1.165, 1.54) is 25.3 Å². The van der Waals surface area contributed by atoms with Gasteiger partial charge in [-0.2, -0.15) is 0 Å². The average molecular weight is 279 g/mol. The summed E-state index contributed by atoms with van der Waals surface area (Å²) in [5.74, 6) is -3.19. The summed E-state index contributed by atoms with van der Waals surface area (Å²) in [5.41, 5.74) is -0.278. The van der Waals surface area contributed by atoms with E-state index in [0.717, 1.165) is 4.90 Å². The second-order valence-corrected chi connectivity index (χ2v) is 4.41. The van der Waals surface area contributed by atoms with E-state index < -0.39 is 23.8 Å². The number of hydrogen-bond acceptors (Lipinski definition) is 5. The summed E-state index contributed by atoms with van der Waals surface area (Å²) >= 11 is 0. The van der Waals surface area contributed by atoms with Crippen LogP contribution in [0.25, 0.3) is 0 Å². The number of carbonyl (C=O) groups is 3. The minimum Gasteiger partial charge on any atom is -0.506 e. The van der Waals surface area contributed by atoms with Crippen molar-refractivity contribution in [2.75, 3.05) is 18.6 Å². The first-order valence-electron chi connectivity index (χ1n) is 5.89. The predicted octanol–water partition coefficient (Wildman–Crippen LogP) is 0.616. The van der Waals surface area contributed by atoms with E-state index in [-0.39, 0.29) is 30.0 Å². The highest BCUT2D eigenvalue weighted by atomic mass is 16.5. The van der Waals surface area contributed by atoms with Gasteiger partial charge in [-0.25, -0.2) is 4.79 Å². The maximum Gasteiger partial charge on any atom is 0.337 e. The van der Waals surface area contributed by atoms with Crippen molar-refractivity contribution in [2.24, 2.45) is 5.92 Å². The fourth-order valence-corrected chi connectivity index (χ4v) is 2.24. The van der Waals surface area contributed by atoms with Crippen LogP contribution in [0.15, 0.2) is 18.2 Å². The van der Waals surface area contributed by atoms with Gasteiger partial charge in [0.15, 0.2) is 0 Å². The number of carbonyl (C=O) groups excluding carboxylic acids is 2.